The standard InChI is InChI=1S/C13H9FN4O2S/c14-9-1-3-10(4-2-9)15-12(19)16-13-18-17-11(20-13)8-5-6-21-7-8/h1-7H,(H2,15,16,18,19). The van der Waals surface area contributed by atoms with E-state index < -0.39 is 6.03 Å². The number of rotatable bonds is 3. The van der Waals surface area contributed by atoms with E-state index in [0.717, 1.165) is 5.56 Å². The molecule has 0 atom stereocenters. The molecule has 21 heavy (non-hydrogen) atoms. The van der Waals surface area contributed by atoms with E-state index in [9.17, 15) is 9.18 Å². The number of carbonyl (C=O) groups excluding carboxylic acids is 1. The number of amides is 2. The van der Waals surface area contributed by atoms with Gasteiger partial charge in [-0.1, -0.05) is 5.10 Å². The van der Waals surface area contributed by atoms with Crippen molar-refractivity contribution in [3.8, 4) is 11.5 Å². The lowest BCUT2D eigenvalue weighted by Gasteiger charge is -2.03. The van der Waals surface area contributed by atoms with Crippen LogP contribution in [-0.2, 0) is 0 Å². The first-order valence-electron chi connectivity index (χ1n) is 5.90. The highest BCUT2D eigenvalue weighted by molar-refractivity contribution is 7.08. The molecule has 0 saturated heterocycles. The van der Waals surface area contributed by atoms with Crippen LogP contribution in [0.15, 0.2) is 45.5 Å². The Bertz CT molecular complexity index is 740. The number of benzene rings is 1. The Kier molecular flexibility index (Phi) is 3.61. The minimum Gasteiger partial charge on any atom is -0.403 e. The summed E-state index contributed by atoms with van der Waals surface area (Å²) < 4.78 is 18.1. The van der Waals surface area contributed by atoms with Crippen LogP contribution in [0.5, 0.6) is 0 Å². The number of anilines is 2. The summed E-state index contributed by atoms with van der Waals surface area (Å²) in [5.74, 6) is -0.0494. The molecule has 0 aliphatic carbocycles. The molecule has 0 aliphatic heterocycles. The Hall–Kier alpha value is -2.74. The number of carbonyl (C=O) groups is 1. The molecule has 2 N–H and O–H groups in total. The Morgan fingerprint density at radius 3 is 2.67 bits per heavy atom. The third-order valence-electron chi connectivity index (χ3n) is 2.52. The molecule has 3 rings (SSSR count). The summed E-state index contributed by atoms with van der Waals surface area (Å²) in [6, 6.07) is 6.64. The molecule has 6 nitrogen and oxygen atoms in total. The Morgan fingerprint density at radius 2 is 1.95 bits per heavy atom. The summed E-state index contributed by atoms with van der Waals surface area (Å²) in [5.41, 5.74) is 1.24. The molecule has 106 valence electrons. The third kappa shape index (κ3) is 3.23. The molecule has 0 bridgehead atoms. The summed E-state index contributed by atoms with van der Waals surface area (Å²) in [7, 11) is 0. The molecule has 0 unspecified atom stereocenters. The van der Waals surface area contributed by atoms with Gasteiger partial charge in [-0.05, 0) is 35.7 Å². The van der Waals surface area contributed by atoms with Gasteiger partial charge in [0.2, 0.25) is 0 Å². The van der Waals surface area contributed by atoms with Crippen LogP contribution < -0.4 is 10.6 Å². The van der Waals surface area contributed by atoms with E-state index in [2.05, 4.69) is 20.8 Å². The first-order valence-corrected chi connectivity index (χ1v) is 6.84. The van der Waals surface area contributed by atoms with Crippen molar-refractivity contribution in [3.05, 3.63) is 46.9 Å². The van der Waals surface area contributed by atoms with Crippen molar-refractivity contribution in [2.45, 2.75) is 0 Å². The van der Waals surface area contributed by atoms with Gasteiger partial charge in [-0.15, -0.1) is 5.10 Å². The number of urea groups is 1. The maximum Gasteiger partial charge on any atom is 0.327 e. The molecular formula is C13H9FN4O2S. The van der Waals surface area contributed by atoms with Crippen LogP contribution >= 0.6 is 11.3 Å². The molecule has 2 heterocycles. The summed E-state index contributed by atoms with van der Waals surface area (Å²) >= 11 is 1.50. The monoisotopic (exact) mass is 304 g/mol. The van der Waals surface area contributed by atoms with Crippen molar-refractivity contribution in [1.29, 1.82) is 0 Å². The highest BCUT2D eigenvalue weighted by atomic mass is 32.1. The molecule has 0 aliphatic rings. The van der Waals surface area contributed by atoms with Gasteiger partial charge < -0.3 is 9.73 Å². The van der Waals surface area contributed by atoms with Crippen molar-refractivity contribution in [3.63, 3.8) is 0 Å². The minimum absolute atomic E-state index is 0.0178. The average molecular weight is 304 g/mol. The maximum absolute atomic E-state index is 12.7. The molecule has 2 aromatic heterocycles. The smallest absolute Gasteiger partial charge is 0.327 e. The zero-order chi connectivity index (χ0) is 14.7. The van der Waals surface area contributed by atoms with Gasteiger partial charge in [-0.2, -0.15) is 11.3 Å². The van der Waals surface area contributed by atoms with Crippen LogP contribution in [0.2, 0.25) is 0 Å². The average Bonchev–Trinajstić information content (AvgIpc) is 3.12. The third-order valence-corrected chi connectivity index (χ3v) is 3.20. The van der Waals surface area contributed by atoms with Gasteiger partial charge in [0.15, 0.2) is 0 Å². The highest BCUT2D eigenvalue weighted by Gasteiger charge is 2.11. The summed E-state index contributed by atoms with van der Waals surface area (Å²) in [4.78, 5) is 11.7. The second-order valence-corrected chi connectivity index (χ2v) is 4.79. The zero-order valence-electron chi connectivity index (χ0n) is 10.5. The van der Waals surface area contributed by atoms with Crippen LogP contribution in [0.1, 0.15) is 0 Å². The quantitative estimate of drug-likeness (QED) is 0.775. The Balaban J connectivity index is 1.64. The number of nitrogens with zero attached hydrogens (tertiary/aromatic N) is 2. The van der Waals surface area contributed by atoms with E-state index in [1.54, 1.807) is 0 Å². The number of halogens is 1. The van der Waals surface area contributed by atoms with Crippen LogP contribution in [0.25, 0.3) is 11.5 Å². The van der Waals surface area contributed by atoms with Crippen molar-refractivity contribution < 1.29 is 13.6 Å². The molecule has 0 saturated carbocycles. The van der Waals surface area contributed by atoms with Gasteiger partial charge in [-0.3, -0.25) is 5.32 Å². The molecular weight excluding hydrogens is 295 g/mol. The van der Waals surface area contributed by atoms with Crippen LogP contribution in [-0.4, -0.2) is 16.2 Å². The fourth-order valence-electron chi connectivity index (χ4n) is 1.57. The van der Waals surface area contributed by atoms with Crippen molar-refractivity contribution >= 4 is 29.1 Å². The molecule has 0 radical (unpaired) electrons. The second kappa shape index (κ2) is 5.71. The van der Waals surface area contributed by atoms with E-state index in [0.29, 0.717) is 11.6 Å². The fraction of sp³-hybridized carbons (Fsp3) is 0. The molecule has 0 spiro atoms. The first kappa shape index (κ1) is 13.3. The van der Waals surface area contributed by atoms with Crippen molar-refractivity contribution in [1.82, 2.24) is 10.2 Å². The summed E-state index contributed by atoms with van der Waals surface area (Å²) in [5, 5.41) is 16.2. The molecule has 0 fully saturated rings. The van der Waals surface area contributed by atoms with E-state index in [-0.39, 0.29) is 11.8 Å². The van der Waals surface area contributed by atoms with Crippen LogP contribution in [0.4, 0.5) is 20.9 Å². The fourth-order valence-corrected chi connectivity index (χ4v) is 2.20. The van der Waals surface area contributed by atoms with Crippen molar-refractivity contribution in [2.75, 3.05) is 10.6 Å². The van der Waals surface area contributed by atoms with E-state index in [4.69, 9.17) is 4.42 Å². The number of thiophene rings is 1. The summed E-state index contributed by atoms with van der Waals surface area (Å²) in [6.07, 6.45) is 0. The van der Waals surface area contributed by atoms with Gasteiger partial charge in [0, 0.05) is 16.6 Å². The van der Waals surface area contributed by atoms with E-state index >= 15 is 0 Å². The summed E-state index contributed by atoms with van der Waals surface area (Å²) in [6.45, 7) is 0. The van der Waals surface area contributed by atoms with E-state index in [1.807, 2.05) is 16.8 Å². The maximum atomic E-state index is 12.7. The molecule has 8 heteroatoms. The Labute approximate surface area is 122 Å². The van der Waals surface area contributed by atoms with Gasteiger partial charge in [-0.25, -0.2) is 9.18 Å². The molecule has 2 amide bonds. The number of aromatic nitrogens is 2. The second-order valence-electron chi connectivity index (χ2n) is 4.01. The normalized spacial score (nSPS) is 10.3. The lowest BCUT2D eigenvalue weighted by molar-refractivity contribution is 0.261. The molecule has 3 aromatic rings. The van der Waals surface area contributed by atoms with Gasteiger partial charge in [0.05, 0.1) is 0 Å². The topological polar surface area (TPSA) is 80.0 Å². The highest BCUT2D eigenvalue weighted by Crippen LogP contribution is 2.22. The molecule has 1 aromatic carbocycles. The minimum atomic E-state index is -0.554. The SMILES string of the molecule is O=C(Nc1ccc(F)cc1)Nc1nnc(-c2ccsc2)o1. The Morgan fingerprint density at radius 1 is 1.14 bits per heavy atom. The van der Waals surface area contributed by atoms with Gasteiger partial charge in [0.1, 0.15) is 5.82 Å². The number of hydrogen-bond acceptors (Lipinski definition) is 5. The van der Waals surface area contributed by atoms with E-state index in [1.165, 1.54) is 35.6 Å². The largest absolute Gasteiger partial charge is 0.403 e. The predicted octanol–water partition coefficient (Wildman–Crippen LogP) is 3.58. The lowest BCUT2D eigenvalue weighted by Crippen LogP contribution is -2.19. The van der Waals surface area contributed by atoms with Crippen LogP contribution in [0.3, 0.4) is 0 Å². The zero-order valence-corrected chi connectivity index (χ0v) is 11.4. The predicted molar refractivity (Wildman–Crippen MR) is 76.7 cm³/mol. The van der Waals surface area contributed by atoms with Gasteiger partial charge in [0.25, 0.3) is 5.89 Å². The van der Waals surface area contributed by atoms with Crippen LogP contribution in [0, 0.1) is 5.82 Å². The van der Waals surface area contributed by atoms with Gasteiger partial charge >= 0.3 is 12.0 Å². The number of nitrogens with one attached hydrogen (secondary N) is 2. The first-order chi connectivity index (χ1) is 10.2. The van der Waals surface area contributed by atoms with Crippen molar-refractivity contribution in [2.24, 2.45) is 0 Å². The number of hydrogen-bond donors (Lipinski definition) is 2. The lowest BCUT2D eigenvalue weighted by atomic mass is 10.3.